The Morgan fingerprint density at radius 2 is 2.00 bits per heavy atom. The lowest BCUT2D eigenvalue weighted by Gasteiger charge is -1.95. The van der Waals surface area contributed by atoms with Crippen LogP contribution in [0.4, 0.5) is 5.88 Å². The molecule has 0 aliphatic carbocycles. The zero-order chi connectivity index (χ0) is 14.4. The van der Waals surface area contributed by atoms with Crippen molar-refractivity contribution in [3.63, 3.8) is 0 Å². The number of hydrogen-bond acceptors (Lipinski definition) is 4. The molecule has 1 N–H and O–H groups in total. The topological polar surface area (TPSA) is 85.4 Å². The summed E-state index contributed by atoms with van der Waals surface area (Å²) in [6, 6.07) is 11.7. The molecule has 2 rings (SSSR count). The van der Waals surface area contributed by atoms with Crippen molar-refractivity contribution in [1.82, 2.24) is 5.32 Å². The lowest BCUT2D eigenvalue weighted by atomic mass is 10.2. The Hall–Kier alpha value is -3.07. The van der Waals surface area contributed by atoms with E-state index >= 15 is 0 Å². The molecule has 0 atom stereocenters. The van der Waals surface area contributed by atoms with Crippen LogP contribution < -0.4 is 5.32 Å². The van der Waals surface area contributed by atoms with Crippen molar-refractivity contribution in [1.29, 1.82) is 0 Å². The summed E-state index contributed by atoms with van der Waals surface area (Å²) >= 11 is 0. The molecule has 1 heterocycles. The molecule has 0 fully saturated rings. The van der Waals surface area contributed by atoms with E-state index in [1.165, 1.54) is 6.07 Å². The molecule has 1 aromatic carbocycles. The van der Waals surface area contributed by atoms with E-state index in [-0.39, 0.29) is 12.3 Å². The van der Waals surface area contributed by atoms with Crippen molar-refractivity contribution in [3.8, 4) is 11.8 Å². The Morgan fingerprint density at radius 3 is 2.65 bits per heavy atom. The molecule has 1 amide bonds. The first-order chi connectivity index (χ1) is 9.66. The van der Waals surface area contributed by atoms with Crippen LogP contribution in [-0.4, -0.2) is 17.4 Å². The van der Waals surface area contributed by atoms with Crippen molar-refractivity contribution in [2.75, 3.05) is 6.54 Å². The van der Waals surface area contributed by atoms with E-state index in [0.717, 1.165) is 11.6 Å². The van der Waals surface area contributed by atoms with Crippen molar-refractivity contribution in [3.05, 3.63) is 63.9 Å². The van der Waals surface area contributed by atoms with Gasteiger partial charge in [-0.3, -0.25) is 14.9 Å². The zero-order valence-electron chi connectivity index (χ0n) is 10.3. The third kappa shape index (κ3) is 3.46. The van der Waals surface area contributed by atoms with Gasteiger partial charge in [-0.1, -0.05) is 30.0 Å². The number of nitrogens with zero attached hydrogens (tertiary/aromatic N) is 1. The van der Waals surface area contributed by atoms with Crippen molar-refractivity contribution in [2.45, 2.75) is 0 Å². The first kappa shape index (κ1) is 13.4. The maximum atomic E-state index is 11.6. The summed E-state index contributed by atoms with van der Waals surface area (Å²) < 4.78 is 4.76. The number of hydrogen-bond donors (Lipinski definition) is 1. The lowest BCUT2D eigenvalue weighted by Crippen LogP contribution is -2.23. The van der Waals surface area contributed by atoms with Crippen molar-refractivity contribution < 1.29 is 14.1 Å². The Bertz CT molecular complexity index is 680. The number of amides is 1. The average Bonchev–Trinajstić information content (AvgIpc) is 2.94. The number of furan rings is 1. The minimum absolute atomic E-state index is 0.113. The molecule has 100 valence electrons. The SMILES string of the molecule is O=C(NCC#Cc1ccccc1)c1ccc([N+](=O)[O-])o1. The molecule has 6 heteroatoms. The molecule has 0 saturated heterocycles. The van der Waals surface area contributed by atoms with E-state index in [4.69, 9.17) is 4.42 Å². The molecule has 0 spiro atoms. The van der Waals surface area contributed by atoms with E-state index in [1.807, 2.05) is 30.3 Å². The van der Waals surface area contributed by atoms with Crippen LogP contribution in [0.15, 0.2) is 46.9 Å². The predicted molar refractivity (Wildman–Crippen MR) is 71.0 cm³/mol. The van der Waals surface area contributed by atoms with Gasteiger partial charge >= 0.3 is 5.88 Å². The molecule has 20 heavy (non-hydrogen) atoms. The van der Waals surface area contributed by atoms with Crippen LogP contribution >= 0.6 is 0 Å². The van der Waals surface area contributed by atoms with E-state index < -0.39 is 16.7 Å². The number of nitro groups is 1. The number of carbonyl (C=O) groups excluding carboxylic acids is 1. The Morgan fingerprint density at radius 1 is 1.25 bits per heavy atom. The highest BCUT2D eigenvalue weighted by Crippen LogP contribution is 2.15. The van der Waals surface area contributed by atoms with Crippen LogP contribution in [-0.2, 0) is 0 Å². The second kappa shape index (κ2) is 6.20. The van der Waals surface area contributed by atoms with Gasteiger partial charge in [0.15, 0.2) is 5.76 Å². The molecular weight excluding hydrogens is 260 g/mol. The quantitative estimate of drug-likeness (QED) is 0.525. The highest BCUT2D eigenvalue weighted by atomic mass is 16.6. The molecule has 0 aliphatic rings. The fraction of sp³-hybridized carbons (Fsp3) is 0.0714. The average molecular weight is 270 g/mol. The van der Waals surface area contributed by atoms with E-state index in [0.29, 0.717) is 0 Å². The molecule has 0 unspecified atom stereocenters. The maximum Gasteiger partial charge on any atom is 0.433 e. The van der Waals surface area contributed by atoms with Gasteiger partial charge in [0.1, 0.15) is 4.92 Å². The summed E-state index contributed by atoms with van der Waals surface area (Å²) in [5.41, 5.74) is 0.843. The molecule has 2 aromatic rings. The van der Waals surface area contributed by atoms with Gasteiger partial charge in [-0.05, 0) is 18.2 Å². The van der Waals surface area contributed by atoms with Crippen LogP contribution in [0.3, 0.4) is 0 Å². The zero-order valence-corrected chi connectivity index (χ0v) is 10.3. The lowest BCUT2D eigenvalue weighted by molar-refractivity contribution is -0.402. The van der Waals surface area contributed by atoms with Gasteiger partial charge in [-0.25, -0.2) is 0 Å². The third-order valence-corrected chi connectivity index (χ3v) is 2.34. The molecular formula is C14H10N2O4. The van der Waals surface area contributed by atoms with E-state index in [2.05, 4.69) is 17.2 Å². The smallest absolute Gasteiger partial charge is 0.395 e. The van der Waals surface area contributed by atoms with Crippen LogP contribution in [0.2, 0.25) is 0 Å². The fourth-order valence-electron chi connectivity index (χ4n) is 1.43. The highest BCUT2D eigenvalue weighted by molar-refractivity contribution is 5.91. The van der Waals surface area contributed by atoms with Gasteiger partial charge in [0.05, 0.1) is 12.6 Å². The van der Waals surface area contributed by atoms with Crippen LogP contribution in [0.1, 0.15) is 16.1 Å². The summed E-state index contributed by atoms with van der Waals surface area (Å²) in [4.78, 5) is 21.3. The van der Waals surface area contributed by atoms with Crippen LogP contribution in [0.25, 0.3) is 0 Å². The summed E-state index contributed by atoms with van der Waals surface area (Å²) in [7, 11) is 0. The van der Waals surface area contributed by atoms with E-state index in [1.54, 1.807) is 0 Å². The standard InChI is InChI=1S/C14H10N2O4/c17-14(12-8-9-13(20-12)16(18)19)15-10-4-7-11-5-2-1-3-6-11/h1-3,5-6,8-9H,10H2,(H,15,17). The number of carbonyl (C=O) groups is 1. The summed E-state index contributed by atoms with van der Waals surface area (Å²) in [5, 5.41) is 12.9. The first-order valence-electron chi connectivity index (χ1n) is 5.73. The second-order valence-electron chi connectivity index (χ2n) is 3.75. The number of benzene rings is 1. The van der Waals surface area contributed by atoms with Gasteiger partial charge < -0.3 is 9.73 Å². The van der Waals surface area contributed by atoms with Crippen molar-refractivity contribution in [2.24, 2.45) is 0 Å². The maximum absolute atomic E-state index is 11.6. The van der Waals surface area contributed by atoms with Gasteiger partial charge in [-0.15, -0.1) is 0 Å². The third-order valence-electron chi connectivity index (χ3n) is 2.34. The minimum Gasteiger partial charge on any atom is -0.395 e. The molecule has 6 nitrogen and oxygen atoms in total. The Labute approximate surface area is 114 Å². The molecule has 0 bridgehead atoms. The van der Waals surface area contributed by atoms with Crippen molar-refractivity contribution >= 4 is 11.8 Å². The molecule has 0 aliphatic heterocycles. The fourth-order valence-corrected chi connectivity index (χ4v) is 1.43. The minimum atomic E-state index is -0.702. The second-order valence-corrected chi connectivity index (χ2v) is 3.75. The Balaban J connectivity index is 1.89. The van der Waals surface area contributed by atoms with Gasteiger partial charge in [0, 0.05) is 5.56 Å². The van der Waals surface area contributed by atoms with E-state index in [9.17, 15) is 14.9 Å². The monoisotopic (exact) mass is 270 g/mol. The largest absolute Gasteiger partial charge is 0.433 e. The van der Waals surface area contributed by atoms with Gasteiger partial charge in [-0.2, -0.15) is 0 Å². The number of nitrogens with one attached hydrogen (secondary N) is 1. The normalized spacial score (nSPS) is 9.40. The number of rotatable bonds is 3. The molecule has 0 saturated carbocycles. The highest BCUT2D eigenvalue weighted by Gasteiger charge is 2.16. The predicted octanol–water partition coefficient (Wildman–Crippen LogP) is 1.97. The van der Waals surface area contributed by atoms with Crippen LogP contribution in [0.5, 0.6) is 0 Å². The first-order valence-corrected chi connectivity index (χ1v) is 5.73. The summed E-state index contributed by atoms with van der Waals surface area (Å²) in [5.74, 6) is 4.52. The summed E-state index contributed by atoms with van der Waals surface area (Å²) in [6.07, 6.45) is 0. The summed E-state index contributed by atoms with van der Waals surface area (Å²) in [6.45, 7) is 0.127. The molecule has 1 aromatic heterocycles. The van der Waals surface area contributed by atoms with Gasteiger partial charge in [0.25, 0.3) is 5.91 Å². The molecule has 0 radical (unpaired) electrons. The van der Waals surface area contributed by atoms with Gasteiger partial charge in [0.2, 0.25) is 0 Å². The Kier molecular flexibility index (Phi) is 4.14. The van der Waals surface area contributed by atoms with Crippen LogP contribution in [0, 0.1) is 22.0 Å².